The molecule has 7 heteroatoms. The first kappa shape index (κ1) is 15.6. The standard InChI is InChI=1S/C13H18ClNO4S/c14-10-2-1-3-13(6-10)19-8-12(16)7-15-11-4-5-20(17,18)9-11/h1-3,6,11-12,15-16H,4-5,7-9H2. The molecule has 1 fully saturated rings. The molecule has 0 amide bonds. The number of aliphatic hydroxyl groups excluding tert-OH is 1. The Morgan fingerprint density at radius 3 is 2.95 bits per heavy atom. The molecule has 0 aromatic heterocycles. The van der Waals surface area contributed by atoms with Crippen LogP contribution in [0.3, 0.4) is 0 Å². The number of nitrogens with one attached hydrogen (secondary N) is 1. The van der Waals surface area contributed by atoms with Gasteiger partial charge in [0, 0.05) is 17.6 Å². The van der Waals surface area contributed by atoms with Gasteiger partial charge in [-0.15, -0.1) is 0 Å². The van der Waals surface area contributed by atoms with Crippen LogP contribution in [-0.4, -0.2) is 50.3 Å². The highest BCUT2D eigenvalue weighted by Gasteiger charge is 2.27. The molecule has 1 aromatic carbocycles. The lowest BCUT2D eigenvalue weighted by Gasteiger charge is -2.16. The third-order valence-corrected chi connectivity index (χ3v) is 5.12. The maximum Gasteiger partial charge on any atom is 0.151 e. The minimum absolute atomic E-state index is 0.0687. The quantitative estimate of drug-likeness (QED) is 0.813. The zero-order valence-electron chi connectivity index (χ0n) is 11.0. The Morgan fingerprint density at radius 2 is 2.30 bits per heavy atom. The Kier molecular flexibility index (Phi) is 5.26. The molecule has 112 valence electrons. The summed E-state index contributed by atoms with van der Waals surface area (Å²) in [5.41, 5.74) is 0. The van der Waals surface area contributed by atoms with E-state index in [2.05, 4.69) is 5.32 Å². The van der Waals surface area contributed by atoms with Crippen LogP contribution >= 0.6 is 11.6 Å². The van der Waals surface area contributed by atoms with Gasteiger partial charge in [-0.25, -0.2) is 8.42 Å². The molecule has 2 atom stereocenters. The van der Waals surface area contributed by atoms with Crippen molar-refractivity contribution in [3.05, 3.63) is 29.3 Å². The van der Waals surface area contributed by atoms with E-state index in [1.807, 2.05) is 0 Å². The molecule has 2 rings (SSSR count). The van der Waals surface area contributed by atoms with E-state index in [1.165, 1.54) is 0 Å². The summed E-state index contributed by atoms with van der Waals surface area (Å²) in [5, 5.41) is 13.4. The van der Waals surface area contributed by atoms with Crippen molar-refractivity contribution in [2.75, 3.05) is 24.7 Å². The van der Waals surface area contributed by atoms with Gasteiger partial charge in [0.1, 0.15) is 18.5 Å². The summed E-state index contributed by atoms with van der Waals surface area (Å²) in [6.07, 6.45) is -0.0956. The summed E-state index contributed by atoms with van der Waals surface area (Å²) < 4.78 is 28.0. The Hall–Kier alpha value is -0.820. The van der Waals surface area contributed by atoms with Crippen LogP contribution in [0, 0.1) is 0 Å². The molecule has 0 radical (unpaired) electrons. The first-order chi connectivity index (χ1) is 9.44. The molecule has 2 N–H and O–H groups in total. The number of ether oxygens (including phenoxy) is 1. The summed E-state index contributed by atoms with van der Waals surface area (Å²) in [6.45, 7) is 0.438. The molecule has 5 nitrogen and oxygen atoms in total. The number of hydrogen-bond acceptors (Lipinski definition) is 5. The zero-order chi connectivity index (χ0) is 14.6. The fourth-order valence-electron chi connectivity index (χ4n) is 2.07. The number of hydrogen-bond donors (Lipinski definition) is 2. The normalized spacial score (nSPS) is 22.6. The molecule has 1 saturated heterocycles. The molecule has 2 unspecified atom stereocenters. The maximum atomic E-state index is 11.3. The lowest BCUT2D eigenvalue weighted by atomic mass is 10.2. The van der Waals surface area contributed by atoms with Crippen molar-refractivity contribution in [3.63, 3.8) is 0 Å². The van der Waals surface area contributed by atoms with E-state index in [4.69, 9.17) is 16.3 Å². The van der Waals surface area contributed by atoms with E-state index < -0.39 is 15.9 Å². The largest absolute Gasteiger partial charge is 0.491 e. The lowest BCUT2D eigenvalue weighted by molar-refractivity contribution is 0.104. The Balaban J connectivity index is 1.69. The topological polar surface area (TPSA) is 75.6 Å². The summed E-state index contributed by atoms with van der Waals surface area (Å²) in [7, 11) is -2.89. The smallest absolute Gasteiger partial charge is 0.151 e. The van der Waals surface area contributed by atoms with E-state index in [0.29, 0.717) is 23.7 Å². The Morgan fingerprint density at radius 1 is 1.50 bits per heavy atom. The van der Waals surface area contributed by atoms with Crippen LogP contribution in [0.15, 0.2) is 24.3 Å². The highest BCUT2D eigenvalue weighted by molar-refractivity contribution is 7.91. The van der Waals surface area contributed by atoms with Gasteiger partial charge in [0.2, 0.25) is 0 Å². The third-order valence-electron chi connectivity index (χ3n) is 3.11. The predicted octanol–water partition coefficient (Wildman–Crippen LogP) is 0.856. The second kappa shape index (κ2) is 6.76. The highest BCUT2D eigenvalue weighted by atomic mass is 35.5. The fraction of sp³-hybridized carbons (Fsp3) is 0.538. The van der Waals surface area contributed by atoms with Crippen LogP contribution < -0.4 is 10.1 Å². The van der Waals surface area contributed by atoms with E-state index in [1.54, 1.807) is 24.3 Å². The van der Waals surface area contributed by atoms with E-state index >= 15 is 0 Å². The second-order valence-corrected chi connectivity index (χ2v) is 7.60. The van der Waals surface area contributed by atoms with Gasteiger partial charge in [0.15, 0.2) is 9.84 Å². The number of rotatable bonds is 6. The molecule has 0 bridgehead atoms. The third kappa shape index (κ3) is 4.94. The molecule has 0 spiro atoms. The number of benzene rings is 1. The average molecular weight is 320 g/mol. The lowest BCUT2D eigenvalue weighted by Crippen LogP contribution is -2.38. The van der Waals surface area contributed by atoms with E-state index in [-0.39, 0.29) is 24.2 Å². The van der Waals surface area contributed by atoms with Crippen molar-refractivity contribution in [1.29, 1.82) is 0 Å². The predicted molar refractivity (Wildman–Crippen MR) is 78.0 cm³/mol. The molecule has 1 heterocycles. The first-order valence-electron chi connectivity index (χ1n) is 6.45. The van der Waals surface area contributed by atoms with Crippen molar-refractivity contribution in [3.8, 4) is 5.75 Å². The highest BCUT2D eigenvalue weighted by Crippen LogP contribution is 2.17. The van der Waals surface area contributed by atoms with Crippen molar-refractivity contribution in [2.24, 2.45) is 0 Å². The average Bonchev–Trinajstić information content (AvgIpc) is 2.74. The fourth-order valence-corrected chi connectivity index (χ4v) is 3.95. The van der Waals surface area contributed by atoms with Crippen LogP contribution in [0.4, 0.5) is 0 Å². The molecular formula is C13H18ClNO4S. The van der Waals surface area contributed by atoms with Gasteiger partial charge in [-0.05, 0) is 24.6 Å². The van der Waals surface area contributed by atoms with Crippen molar-refractivity contribution in [1.82, 2.24) is 5.32 Å². The van der Waals surface area contributed by atoms with Crippen molar-refractivity contribution < 1.29 is 18.3 Å². The minimum atomic E-state index is -2.89. The van der Waals surface area contributed by atoms with Crippen molar-refractivity contribution in [2.45, 2.75) is 18.6 Å². The van der Waals surface area contributed by atoms with Gasteiger partial charge in [0.05, 0.1) is 11.5 Å². The van der Waals surface area contributed by atoms with Crippen LogP contribution in [0.5, 0.6) is 5.75 Å². The molecule has 20 heavy (non-hydrogen) atoms. The van der Waals surface area contributed by atoms with Gasteiger partial charge >= 0.3 is 0 Å². The van der Waals surface area contributed by atoms with Gasteiger partial charge in [0.25, 0.3) is 0 Å². The van der Waals surface area contributed by atoms with E-state index in [9.17, 15) is 13.5 Å². The molecule has 1 aliphatic heterocycles. The monoisotopic (exact) mass is 319 g/mol. The number of halogens is 1. The molecular weight excluding hydrogens is 302 g/mol. The van der Waals surface area contributed by atoms with E-state index in [0.717, 1.165) is 0 Å². The summed E-state index contributed by atoms with van der Waals surface area (Å²) in [6, 6.07) is 6.88. The van der Waals surface area contributed by atoms with Crippen LogP contribution in [0.1, 0.15) is 6.42 Å². The van der Waals surface area contributed by atoms with Gasteiger partial charge in [-0.1, -0.05) is 17.7 Å². The van der Waals surface area contributed by atoms with Crippen LogP contribution in [0.2, 0.25) is 5.02 Å². The molecule has 1 aromatic rings. The van der Waals surface area contributed by atoms with Crippen LogP contribution in [-0.2, 0) is 9.84 Å². The second-order valence-electron chi connectivity index (χ2n) is 4.93. The summed E-state index contributed by atoms with van der Waals surface area (Å²) >= 11 is 5.82. The minimum Gasteiger partial charge on any atom is -0.491 e. The number of sulfone groups is 1. The Bertz CT molecular complexity index is 549. The Labute approximate surface area is 123 Å². The molecule has 0 saturated carbocycles. The van der Waals surface area contributed by atoms with Crippen LogP contribution in [0.25, 0.3) is 0 Å². The summed E-state index contributed by atoms with van der Waals surface area (Å²) in [5.74, 6) is 0.967. The first-order valence-corrected chi connectivity index (χ1v) is 8.65. The van der Waals surface area contributed by atoms with Crippen molar-refractivity contribution >= 4 is 21.4 Å². The van der Waals surface area contributed by atoms with Gasteiger partial charge in [-0.3, -0.25) is 0 Å². The maximum absolute atomic E-state index is 11.3. The molecule has 1 aliphatic rings. The zero-order valence-corrected chi connectivity index (χ0v) is 12.5. The SMILES string of the molecule is O=S1(=O)CCC(NCC(O)COc2cccc(Cl)c2)C1. The molecule has 0 aliphatic carbocycles. The van der Waals surface area contributed by atoms with Gasteiger partial charge in [-0.2, -0.15) is 0 Å². The summed E-state index contributed by atoms with van der Waals surface area (Å²) in [4.78, 5) is 0. The van der Waals surface area contributed by atoms with Gasteiger partial charge < -0.3 is 15.2 Å². The number of aliphatic hydroxyl groups is 1.